The second kappa shape index (κ2) is 15.1. The molecule has 1 aliphatic rings. The fourth-order valence-electron chi connectivity index (χ4n) is 5.82. The topological polar surface area (TPSA) is 71.4 Å². The van der Waals surface area contributed by atoms with Crippen molar-refractivity contribution in [2.75, 3.05) is 22.4 Å². The van der Waals surface area contributed by atoms with Crippen molar-refractivity contribution in [1.29, 1.82) is 0 Å². The molecule has 3 aromatic rings. The van der Waals surface area contributed by atoms with Gasteiger partial charge in [-0.05, 0) is 97.9 Å². The second-order valence-corrected chi connectivity index (χ2v) is 13.0. The molecule has 8 heteroatoms. The molecular formula is C32H42IN3O3S. The van der Waals surface area contributed by atoms with Gasteiger partial charge in [0.15, 0.2) is 5.78 Å². The van der Waals surface area contributed by atoms with E-state index in [1.54, 1.807) is 16.2 Å². The van der Waals surface area contributed by atoms with Crippen molar-refractivity contribution in [2.24, 2.45) is 11.8 Å². The number of Topliss-reactive ketones (excluding diaryl/α,β-unsaturated/α-hetero) is 1. The van der Waals surface area contributed by atoms with Crippen LogP contribution in [0, 0.1) is 18.8 Å². The van der Waals surface area contributed by atoms with Crippen molar-refractivity contribution < 1.29 is 14.4 Å². The molecule has 0 atom stereocenters. The number of rotatable bonds is 14. The zero-order chi connectivity index (χ0) is 28.5. The van der Waals surface area contributed by atoms with E-state index in [9.17, 15) is 14.4 Å². The Hall–Kier alpha value is -2.20. The van der Waals surface area contributed by atoms with Gasteiger partial charge in [-0.15, -0.1) is 11.3 Å². The number of benzene rings is 1. The van der Waals surface area contributed by atoms with Crippen molar-refractivity contribution >= 4 is 67.4 Å². The molecule has 1 aliphatic carbocycles. The first kappa shape index (κ1) is 30.8. The van der Waals surface area contributed by atoms with Crippen molar-refractivity contribution in [3.8, 4) is 0 Å². The highest BCUT2D eigenvalue weighted by molar-refractivity contribution is 14.1. The van der Waals surface area contributed by atoms with Crippen molar-refractivity contribution in [3.05, 3.63) is 53.0 Å². The van der Waals surface area contributed by atoms with Crippen molar-refractivity contribution in [3.63, 3.8) is 0 Å². The zero-order valence-corrected chi connectivity index (χ0v) is 26.8. The number of alkyl halides is 1. The number of aryl methyl sites for hydroxylation is 1. The molecule has 6 nitrogen and oxygen atoms in total. The molecule has 1 saturated carbocycles. The Kier molecular flexibility index (Phi) is 11.6. The van der Waals surface area contributed by atoms with Crippen LogP contribution < -0.4 is 10.2 Å². The lowest BCUT2D eigenvalue weighted by molar-refractivity contribution is -0.126. The van der Waals surface area contributed by atoms with Crippen LogP contribution >= 0.6 is 33.9 Å². The number of fused-ring (bicyclic) bond motifs is 1. The molecule has 0 radical (unpaired) electrons. The summed E-state index contributed by atoms with van der Waals surface area (Å²) in [6, 6.07) is 11.9. The van der Waals surface area contributed by atoms with Gasteiger partial charge in [-0.25, -0.2) is 0 Å². The van der Waals surface area contributed by atoms with Crippen molar-refractivity contribution in [1.82, 2.24) is 9.88 Å². The Labute approximate surface area is 256 Å². The number of amides is 2. The van der Waals surface area contributed by atoms with Gasteiger partial charge in [0, 0.05) is 31.1 Å². The number of hydrogen-bond acceptors (Lipinski definition) is 4. The first-order valence-electron chi connectivity index (χ1n) is 14.7. The number of aromatic nitrogens is 1. The highest BCUT2D eigenvalue weighted by Crippen LogP contribution is 2.33. The quantitative estimate of drug-likeness (QED) is 0.0831. The third-order valence-corrected chi connectivity index (χ3v) is 9.70. The summed E-state index contributed by atoms with van der Waals surface area (Å²) in [5.41, 5.74) is 3.55. The lowest BCUT2D eigenvalue weighted by Gasteiger charge is -2.27. The van der Waals surface area contributed by atoms with Gasteiger partial charge in [-0.1, -0.05) is 47.6 Å². The fourth-order valence-corrected chi connectivity index (χ4v) is 7.18. The molecule has 0 aliphatic heterocycles. The van der Waals surface area contributed by atoms with Crippen LogP contribution in [0.4, 0.5) is 5.69 Å². The van der Waals surface area contributed by atoms with Gasteiger partial charge in [0.2, 0.25) is 11.8 Å². The van der Waals surface area contributed by atoms with Gasteiger partial charge in [-0.2, -0.15) is 0 Å². The molecule has 0 saturated heterocycles. The maximum absolute atomic E-state index is 13.6. The van der Waals surface area contributed by atoms with Gasteiger partial charge < -0.3 is 14.8 Å². The van der Waals surface area contributed by atoms with Crippen LogP contribution in [-0.4, -0.2) is 39.7 Å². The Bertz CT molecular complexity index is 1290. The largest absolute Gasteiger partial charge is 0.356 e. The summed E-state index contributed by atoms with van der Waals surface area (Å²) in [7, 11) is 0. The van der Waals surface area contributed by atoms with Crippen LogP contribution in [0.5, 0.6) is 0 Å². The highest BCUT2D eigenvalue weighted by atomic mass is 127. The molecule has 1 aromatic carbocycles. The Morgan fingerprint density at radius 2 is 1.82 bits per heavy atom. The number of carbonyl (C=O) groups is 3. The minimum atomic E-state index is -0.0256. The van der Waals surface area contributed by atoms with E-state index in [0.717, 1.165) is 60.1 Å². The summed E-state index contributed by atoms with van der Waals surface area (Å²) < 4.78 is 4.14. The molecule has 1 fully saturated rings. The minimum Gasteiger partial charge on any atom is -0.356 e. The SMILES string of the molecule is CCN(C(=O)Cn1c(C(=O)CC2CCC(C(=O)NCCCCCCI)CC2)cc2sccc21)c1cccc(C)c1. The van der Waals surface area contributed by atoms with E-state index in [0.29, 0.717) is 18.7 Å². The monoisotopic (exact) mass is 675 g/mol. The number of hydrogen-bond donors (Lipinski definition) is 1. The van der Waals surface area contributed by atoms with E-state index in [4.69, 9.17) is 0 Å². The molecule has 40 heavy (non-hydrogen) atoms. The smallest absolute Gasteiger partial charge is 0.246 e. The van der Waals surface area contributed by atoms with Crippen LogP contribution in [0.1, 0.15) is 80.8 Å². The summed E-state index contributed by atoms with van der Waals surface area (Å²) in [5, 5.41) is 5.14. The van der Waals surface area contributed by atoms with Gasteiger partial charge >= 0.3 is 0 Å². The summed E-state index contributed by atoms with van der Waals surface area (Å²) in [6.07, 6.45) is 8.64. The molecule has 0 spiro atoms. The van der Waals surface area contributed by atoms with Crippen LogP contribution in [0.15, 0.2) is 41.8 Å². The molecule has 1 N–H and O–H groups in total. The van der Waals surface area contributed by atoms with Crippen LogP contribution in [-0.2, 0) is 16.1 Å². The lowest BCUT2D eigenvalue weighted by Crippen LogP contribution is -2.35. The predicted octanol–water partition coefficient (Wildman–Crippen LogP) is 7.56. The number of halogens is 1. The molecular weight excluding hydrogens is 633 g/mol. The number of nitrogens with zero attached hydrogens (tertiary/aromatic N) is 2. The van der Waals surface area contributed by atoms with Crippen LogP contribution in [0.25, 0.3) is 10.2 Å². The molecule has 2 heterocycles. The number of likely N-dealkylation sites (N-methyl/N-ethyl adjacent to an activating group) is 1. The maximum atomic E-state index is 13.6. The number of unbranched alkanes of at least 4 members (excludes halogenated alkanes) is 3. The summed E-state index contributed by atoms with van der Waals surface area (Å²) in [5.74, 6) is 0.590. The Morgan fingerprint density at radius 3 is 2.55 bits per heavy atom. The van der Waals surface area contributed by atoms with Gasteiger partial charge in [0.25, 0.3) is 0 Å². The maximum Gasteiger partial charge on any atom is 0.246 e. The summed E-state index contributed by atoms with van der Waals surface area (Å²) in [4.78, 5) is 41.5. The molecule has 4 rings (SSSR count). The van der Waals surface area contributed by atoms with E-state index in [1.807, 2.05) is 60.2 Å². The van der Waals surface area contributed by atoms with E-state index >= 15 is 0 Å². The van der Waals surface area contributed by atoms with Gasteiger partial charge in [0.05, 0.1) is 15.9 Å². The number of thiophene rings is 1. The van der Waals surface area contributed by atoms with E-state index in [-0.39, 0.29) is 36.0 Å². The first-order chi connectivity index (χ1) is 19.4. The third-order valence-electron chi connectivity index (χ3n) is 8.08. The Morgan fingerprint density at radius 1 is 1.05 bits per heavy atom. The highest BCUT2D eigenvalue weighted by Gasteiger charge is 2.29. The molecule has 2 aromatic heterocycles. The Balaban J connectivity index is 1.34. The molecule has 0 unspecified atom stereocenters. The first-order valence-corrected chi connectivity index (χ1v) is 17.1. The standard InChI is InChI=1S/C32H42IN3O3S/c1-3-35(26-10-8-9-23(2)19-26)31(38)22-36-27-15-18-40-30(27)21-28(36)29(37)20-24-11-13-25(14-12-24)32(39)34-17-7-5-4-6-16-33/h8-10,15,18-19,21,24-25H,3-7,11-14,16-17,20,22H2,1-2H3,(H,34,39). The van der Waals surface area contributed by atoms with E-state index < -0.39 is 0 Å². The minimum absolute atomic E-state index is 0.0256. The van der Waals surface area contributed by atoms with Crippen LogP contribution in [0.3, 0.4) is 0 Å². The van der Waals surface area contributed by atoms with Crippen molar-refractivity contribution in [2.45, 2.75) is 78.2 Å². The zero-order valence-electron chi connectivity index (χ0n) is 23.8. The number of nitrogens with one attached hydrogen (secondary N) is 1. The average Bonchev–Trinajstić information content (AvgIpc) is 3.54. The normalized spacial score (nSPS) is 17.2. The summed E-state index contributed by atoms with van der Waals surface area (Å²) in [6.45, 7) is 5.47. The number of anilines is 1. The molecule has 0 bridgehead atoms. The fraction of sp³-hybridized carbons (Fsp3) is 0.531. The number of ketones is 1. The van der Waals surface area contributed by atoms with E-state index in [1.165, 1.54) is 23.7 Å². The van der Waals surface area contributed by atoms with E-state index in [2.05, 4.69) is 27.9 Å². The van der Waals surface area contributed by atoms with Gasteiger partial charge in [0.1, 0.15) is 6.54 Å². The second-order valence-electron chi connectivity index (χ2n) is 11.0. The summed E-state index contributed by atoms with van der Waals surface area (Å²) >= 11 is 4.01. The average molecular weight is 676 g/mol. The van der Waals surface area contributed by atoms with Gasteiger partial charge in [-0.3, -0.25) is 14.4 Å². The third kappa shape index (κ3) is 7.96. The molecule has 2 amide bonds. The lowest BCUT2D eigenvalue weighted by atomic mass is 9.79. The number of carbonyl (C=O) groups excluding carboxylic acids is 3. The van der Waals surface area contributed by atoms with Crippen LogP contribution in [0.2, 0.25) is 0 Å². The predicted molar refractivity (Wildman–Crippen MR) is 174 cm³/mol. The molecule has 216 valence electrons.